The van der Waals surface area contributed by atoms with Crippen LogP contribution in [0.5, 0.6) is 0 Å². The lowest BCUT2D eigenvalue weighted by Crippen LogP contribution is -2.38. The highest BCUT2D eigenvalue weighted by molar-refractivity contribution is 7.15. The van der Waals surface area contributed by atoms with E-state index in [0.717, 1.165) is 37.4 Å². The van der Waals surface area contributed by atoms with Crippen LogP contribution in [0.4, 0.5) is 0 Å². The third-order valence-electron chi connectivity index (χ3n) is 5.23. The summed E-state index contributed by atoms with van der Waals surface area (Å²) in [5.74, 6) is 0.553. The van der Waals surface area contributed by atoms with E-state index in [0.29, 0.717) is 5.91 Å². The Bertz CT molecular complexity index is 702. The molecule has 0 N–H and O–H groups in total. The lowest BCUT2D eigenvalue weighted by molar-refractivity contribution is -0.135. The molecule has 3 nitrogen and oxygen atoms in total. The molecule has 1 fully saturated rings. The van der Waals surface area contributed by atoms with Crippen LogP contribution in [0.1, 0.15) is 42.7 Å². The fraction of sp³-hybridized carbons (Fsp3) is 0.500. The normalized spacial score (nSPS) is 21.2. The van der Waals surface area contributed by atoms with Crippen LogP contribution < -0.4 is 0 Å². The number of fused-ring (bicyclic) bond motifs is 1. The molecule has 126 valence electrons. The maximum atomic E-state index is 12.9. The molecular weight excluding hydrogens is 316 g/mol. The number of likely N-dealkylation sites (tertiary alicyclic amines) is 1. The van der Waals surface area contributed by atoms with Gasteiger partial charge in [-0.2, -0.15) is 0 Å². The monoisotopic (exact) mass is 340 g/mol. The Balaban J connectivity index is 1.49. The fourth-order valence-electron chi connectivity index (χ4n) is 3.84. The summed E-state index contributed by atoms with van der Waals surface area (Å²) in [6.07, 6.45) is 7.67. The number of hydrogen-bond donors (Lipinski definition) is 0. The average Bonchev–Trinajstić information content (AvgIpc) is 2.87. The van der Waals surface area contributed by atoms with Crippen molar-refractivity contribution in [2.45, 2.75) is 44.9 Å². The number of carbonyl (C=O) groups excluding carboxylic acids is 1. The molecule has 1 aliphatic heterocycles. The summed E-state index contributed by atoms with van der Waals surface area (Å²) in [6, 6.07) is 10.4. The van der Waals surface area contributed by atoms with Crippen molar-refractivity contribution in [1.29, 1.82) is 0 Å². The highest BCUT2D eigenvalue weighted by Crippen LogP contribution is 2.35. The summed E-state index contributed by atoms with van der Waals surface area (Å²) in [5.41, 5.74) is 2.41. The second-order valence-electron chi connectivity index (χ2n) is 6.93. The Labute approximate surface area is 147 Å². The van der Waals surface area contributed by atoms with Crippen molar-refractivity contribution in [2.75, 3.05) is 13.1 Å². The Kier molecular flexibility index (Phi) is 4.65. The van der Waals surface area contributed by atoms with Crippen molar-refractivity contribution < 1.29 is 4.79 Å². The van der Waals surface area contributed by atoms with E-state index in [1.54, 1.807) is 11.3 Å². The third-order valence-corrected chi connectivity index (χ3v) is 6.40. The zero-order valence-electron chi connectivity index (χ0n) is 14.0. The van der Waals surface area contributed by atoms with E-state index in [1.165, 1.54) is 41.8 Å². The summed E-state index contributed by atoms with van der Waals surface area (Å²) >= 11 is 1.78. The van der Waals surface area contributed by atoms with E-state index in [2.05, 4.69) is 29.2 Å². The zero-order valence-corrected chi connectivity index (χ0v) is 14.9. The van der Waals surface area contributed by atoms with Gasteiger partial charge >= 0.3 is 0 Å². The lowest BCUT2D eigenvalue weighted by atomic mass is 9.90. The molecule has 0 radical (unpaired) electrons. The van der Waals surface area contributed by atoms with E-state index in [9.17, 15) is 4.79 Å². The summed E-state index contributed by atoms with van der Waals surface area (Å²) in [7, 11) is 0. The van der Waals surface area contributed by atoms with Crippen molar-refractivity contribution in [2.24, 2.45) is 5.92 Å². The van der Waals surface area contributed by atoms with Gasteiger partial charge in [-0.1, -0.05) is 43.2 Å². The predicted molar refractivity (Wildman–Crippen MR) is 98.1 cm³/mol. The first-order valence-corrected chi connectivity index (χ1v) is 9.96. The van der Waals surface area contributed by atoms with Gasteiger partial charge < -0.3 is 4.90 Å². The van der Waals surface area contributed by atoms with Gasteiger partial charge in [0, 0.05) is 29.4 Å². The summed E-state index contributed by atoms with van der Waals surface area (Å²) in [4.78, 5) is 21.2. The van der Waals surface area contributed by atoms with Crippen molar-refractivity contribution in [3.63, 3.8) is 0 Å². The minimum Gasteiger partial charge on any atom is -0.342 e. The molecule has 4 heteroatoms. The number of amides is 1. The number of hydrogen-bond acceptors (Lipinski definition) is 3. The SMILES string of the molecule is O=C(C1CCc2nc(-c3ccccc3)sc2C1)N1CCCCCC1. The first-order valence-electron chi connectivity index (χ1n) is 9.14. The Hall–Kier alpha value is -1.68. The van der Waals surface area contributed by atoms with Gasteiger partial charge in [-0.05, 0) is 32.1 Å². The van der Waals surface area contributed by atoms with Crippen molar-refractivity contribution in [1.82, 2.24) is 9.88 Å². The van der Waals surface area contributed by atoms with Gasteiger partial charge in [0.25, 0.3) is 0 Å². The van der Waals surface area contributed by atoms with Crippen LogP contribution in [0, 0.1) is 5.92 Å². The molecule has 4 rings (SSSR count). The highest BCUT2D eigenvalue weighted by Gasteiger charge is 2.30. The van der Waals surface area contributed by atoms with E-state index >= 15 is 0 Å². The molecule has 1 amide bonds. The fourth-order valence-corrected chi connectivity index (χ4v) is 5.03. The molecule has 1 atom stereocenters. The highest BCUT2D eigenvalue weighted by atomic mass is 32.1. The number of carbonyl (C=O) groups is 1. The van der Waals surface area contributed by atoms with E-state index in [4.69, 9.17) is 4.98 Å². The van der Waals surface area contributed by atoms with Crippen LogP contribution in [0.3, 0.4) is 0 Å². The van der Waals surface area contributed by atoms with Gasteiger partial charge in [0.05, 0.1) is 5.69 Å². The molecular formula is C20H24N2OS. The predicted octanol–water partition coefficient (Wildman–Crippen LogP) is 4.32. The van der Waals surface area contributed by atoms with Crippen LogP contribution in [0.2, 0.25) is 0 Å². The van der Waals surface area contributed by atoms with Crippen molar-refractivity contribution in [3.05, 3.63) is 40.9 Å². The van der Waals surface area contributed by atoms with Gasteiger partial charge in [-0.25, -0.2) is 4.98 Å². The number of aryl methyl sites for hydroxylation is 1. The molecule has 24 heavy (non-hydrogen) atoms. The second-order valence-corrected chi connectivity index (χ2v) is 8.02. The molecule has 2 aliphatic rings. The van der Waals surface area contributed by atoms with Crippen LogP contribution >= 0.6 is 11.3 Å². The van der Waals surface area contributed by atoms with Crippen LogP contribution in [-0.2, 0) is 17.6 Å². The molecule has 0 spiro atoms. The maximum absolute atomic E-state index is 12.9. The first-order chi connectivity index (χ1) is 11.8. The molecule has 1 unspecified atom stereocenters. The van der Waals surface area contributed by atoms with Crippen LogP contribution in [0.15, 0.2) is 30.3 Å². The molecule has 0 bridgehead atoms. The van der Waals surface area contributed by atoms with Crippen molar-refractivity contribution in [3.8, 4) is 10.6 Å². The smallest absolute Gasteiger partial charge is 0.226 e. The van der Waals surface area contributed by atoms with E-state index in [1.807, 2.05) is 6.07 Å². The number of benzene rings is 1. The topological polar surface area (TPSA) is 33.2 Å². The van der Waals surface area contributed by atoms with Gasteiger partial charge in [-0.3, -0.25) is 4.79 Å². The quantitative estimate of drug-likeness (QED) is 0.816. The van der Waals surface area contributed by atoms with E-state index < -0.39 is 0 Å². The zero-order chi connectivity index (χ0) is 16.4. The van der Waals surface area contributed by atoms with Crippen LogP contribution in [-0.4, -0.2) is 28.9 Å². The lowest BCUT2D eigenvalue weighted by Gasteiger charge is -2.28. The summed E-state index contributed by atoms with van der Waals surface area (Å²) < 4.78 is 0. The van der Waals surface area contributed by atoms with Crippen LogP contribution in [0.25, 0.3) is 10.6 Å². The Morgan fingerprint density at radius 1 is 1.08 bits per heavy atom. The molecule has 2 aromatic rings. The third kappa shape index (κ3) is 3.25. The van der Waals surface area contributed by atoms with Gasteiger partial charge in [-0.15, -0.1) is 11.3 Å². The molecule has 0 saturated carbocycles. The van der Waals surface area contributed by atoms with Gasteiger partial charge in [0.1, 0.15) is 5.01 Å². The van der Waals surface area contributed by atoms with E-state index in [-0.39, 0.29) is 5.92 Å². The number of rotatable bonds is 2. The summed E-state index contributed by atoms with van der Waals surface area (Å²) in [5, 5.41) is 1.10. The second kappa shape index (κ2) is 7.06. The molecule has 1 saturated heterocycles. The maximum Gasteiger partial charge on any atom is 0.226 e. The van der Waals surface area contributed by atoms with Gasteiger partial charge in [0.15, 0.2) is 0 Å². The minimum atomic E-state index is 0.166. The van der Waals surface area contributed by atoms with Crippen molar-refractivity contribution >= 4 is 17.2 Å². The molecule has 1 aliphatic carbocycles. The minimum absolute atomic E-state index is 0.166. The Morgan fingerprint density at radius 3 is 2.58 bits per heavy atom. The number of thiazole rings is 1. The van der Waals surface area contributed by atoms with Gasteiger partial charge in [0.2, 0.25) is 5.91 Å². The first kappa shape index (κ1) is 15.8. The largest absolute Gasteiger partial charge is 0.342 e. The molecule has 2 heterocycles. The standard InChI is InChI=1S/C20H24N2OS/c23-20(22-12-6-1-2-7-13-22)16-10-11-17-18(14-16)24-19(21-17)15-8-4-3-5-9-15/h3-5,8-9,16H,1-2,6-7,10-14H2. The summed E-state index contributed by atoms with van der Waals surface area (Å²) in [6.45, 7) is 1.92. The Morgan fingerprint density at radius 2 is 1.83 bits per heavy atom. The number of aromatic nitrogens is 1. The molecule has 1 aromatic heterocycles. The average molecular weight is 340 g/mol. The molecule has 1 aromatic carbocycles. The number of nitrogens with zero attached hydrogens (tertiary/aromatic N) is 2.